The molecule has 0 aliphatic heterocycles. The number of hydrogen-bond acceptors (Lipinski definition) is 4. The lowest BCUT2D eigenvalue weighted by atomic mass is 10.2. The van der Waals surface area contributed by atoms with Gasteiger partial charge in [-0.2, -0.15) is 13.5 Å². The molecular formula is C15H15FN2O3S. The second kappa shape index (κ2) is 7.04. The van der Waals surface area contributed by atoms with Crippen LogP contribution in [-0.4, -0.2) is 21.2 Å². The van der Waals surface area contributed by atoms with Crippen LogP contribution in [0.15, 0.2) is 58.5 Å². The summed E-state index contributed by atoms with van der Waals surface area (Å²) in [5, 5.41) is 3.63. The summed E-state index contributed by atoms with van der Waals surface area (Å²) < 4.78 is 42.3. The molecule has 116 valence electrons. The predicted molar refractivity (Wildman–Crippen MR) is 81.9 cm³/mol. The zero-order chi connectivity index (χ0) is 16.0. The van der Waals surface area contributed by atoms with E-state index < -0.39 is 15.8 Å². The Morgan fingerprint density at radius 3 is 2.59 bits per heavy atom. The Bertz CT molecular complexity index is 759. The first-order valence-electron chi connectivity index (χ1n) is 6.54. The van der Waals surface area contributed by atoms with E-state index >= 15 is 0 Å². The third kappa shape index (κ3) is 4.29. The van der Waals surface area contributed by atoms with E-state index in [0.717, 1.165) is 0 Å². The minimum absolute atomic E-state index is 0.0624. The number of nitrogens with one attached hydrogen (secondary N) is 1. The summed E-state index contributed by atoms with van der Waals surface area (Å²) in [7, 11) is -3.77. The van der Waals surface area contributed by atoms with Crippen LogP contribution in [-0.2, 0) is 10.0 Å². The average Bonchev–Trinajstić information content (AvgIpc) is 2.48. The molecule has 22 heavy (non-hydrogen) atoms. The third-order valence-corrected chi connectivity index (χ3v) is 3.92. The number of ether oxygens (including phenoxy) is 1. The van der Waals surface area contributed by atoms with Crippen LogP contribution in [0.4, 0.5) is 4.39 Å². The van der Waals surface area contributed by atoms with Gasteiger partial charge in [0, 0.05) is 0 Å². The molecule has 0 spiro atoms. The molecule has 0 fully saturated rings. The zero-order valence-corrected chi connectivity index (χ0v) is 12.7. The van der Waals surface area contributed by atoms with Crippen molar-refractivity contribution in [2.45, 2.75) is 11.8 Å². The standard InChI is InChI=1S/C15H15FN2O3S/c1-2-21-14-6-8-15(9-7-14)22(19,20)18-17-11-12-4-3-5-13(16)10-12/h3-11,18H,2H2,1H3. The molecular weight excluding hydrogens is 307 g/mol. The molecule has 7 heteroatoms. The number of hydrazone groups is 1. The van der Waals surface area contributed by atoms with E-state index in [2.05, 4.69) is 9.93 Å². The summed E-state index contributed by atoms with van der Waals surface area (Å²) in [6.07, 6.45) is 1.23. The van der Waals surface area contributed by atoms with Gasteiger partial charge in [0.2, 0.25) is 0 Å². The lowest BCUT2D eigenvalue weighted by molar-refractivity contribution is 0.340. The highest BCUT2D eigenvalue weighted by Gasteiger charge is 2.12. The highest BCUT2D eigenvalue weighted by Crippen LogP contribution is 2.15. The van der Waals surface area contributed by atoms with Crippen LogP contribution in [0.2, 0.25) is 0 Å². The third-order valence-electron chi connectivity index (χ3n) is 2.68. The molecule has 0 atom stereocenters. The van der Waals surface area contributed by atoms with Crippen molar-refractivity contribution in [2.24, 2.45) is 5.10 Å². The first-order chi connectivity index (χ1) is 10.5. The van der Waals surface area contributed by atoms with Gasteiger partial charge < -0.3 is 4.74 Å². The van der Waals surface area contributed by atoms with Crippen molar-refractivity contribution in [3.05, 3.63) is 59.9 Å². The maximum Gasteiger partial charge on any atom is 0.276 e. The van der Waals surface area contributed by atoms with Gasteiger partial charge in [0.25, 0.3) is 10.0 Å². The highest BCUT2D eigenvalue weighted by molar-refractivity contribution is 7.89. The van der Waals surface area contributed by atoms with Crippen LogP contribution in [0.25, 0.3) is 0 Å². The predicted octanol–water partition coefficient (Wildman–Crippen LogP) is 2.54. The molecule has 0 aromatic heterocycles. The first kappa shape index (κ1) is 16.0. The maximum atomic E-state index is 13.0. The van der Waals surface area contributed by atoms with Gasteiger partial charge in [-0.25, -0.2) is 9.22 Å². The molecule has 0 bridgehead atoms. The molecule has 2 aromatic carbocycles. The molecule has 0 heterocycles. The quantitative estimate of drug-likeness (QED) is 0.656. The maximum absolute atomic E-state index is 13.0. The van der Waals surface area contributed by atoms with Gasteiger partial charge in [-0.15, -0.1) is 0 Å². The fraction of sp³-hybridized carbons (Fsp3) is 0.133. The summed E-state index contributed by atoms with van der Waals surface area (Å²) in [5.41, 5.74) is 0.453. The van der Waals surface area contributed by atoms with Crippen molar-refractivity contribution >= 4 is 16.2 Å². The van der Waals surface area contributed by atoms with E-state index in [1.807, 2.05) is 6.92 Å². The molecule has 2 rings (SSSR count). The number of benzene rings is 2. The molecule has 0 amide bonds. The van der Waals surface area contributed by atoms with E-state index in [1.54, 1.807) is 18.2 Å². The Kier molecular flexibility index (Phi) is 5.11. The van der Waals surface area contributed by atoms with Crippen LogP contribution < -0.4 is 9.57 Å². The number of rotatable bonds is 6. The lowest BCUT2D eigenvalue weighted by Gasteiger charge is -2.05. The molecule has 2 aromatic rings. The largest absolute Gasteiger partial charge is 0.494 e. The highest BCUT2D eigenvalue weighted by atomic mass is 32.2. The molecule has 1 N–H and O–H groups in total. The van der Waals surface area contributed by atoms with Crippen LogP contribution >= 0.6 is 0 Å². The second-order valence-electron chi connectivity index (χ2n) is 4.31. The minimum atomic E-state index is -3.77. The summed E-state index contributed by atoms with van der Waals surface area (Å²) in [4.78, 5) is 2.14. The lowest BCUT2D eigenvalue weighted by Crippen LogP contribution is -2.18. The molecule has 0 unspecified atom stereocenters. The van der Waals surface area contributed by atoms with Gasteiger partial charge in [-0.3, -0.25) is 0 Å². The van der Waals surface area contributed by atoms with E-state index in [9.17, 15) is 12.8 Å². The number of hydrogen-bond donors (Lipinski definition) is 1. The van der Waals surface area contributed by atoms with E-state index in [4.69, 9.17) is 4.74 Å². The van der Waals surface area contributed by atoms with E-state index in [-0.39, 0.29) is 4.90 Å². The fourth-order valence-electron chi connectivity index (χ4n) is 1.69. The Morgan fingerprint density at radius 1 is 1.23 bits per heavy atom. The van der Waals surface area contributed by atoms with Crippen molar-refractivity contribution in [3.8, 4) is 5.75 Å². The molecule has 5 nitrogen and oxygen atoms in total. The van der Waals surface area contributed by atoms with Crippen LogP contribution in [0.1, 0.15) is 12.5 Å². The van der Waals surface area contributed by atoms with Crippen LogP contribution in [0.3, 0.4) is 0 Å². The van der Waals surface area contributed by atoms with Crippen molar-refractivity contribution in [1.29, 1.82) is 0 Å². The van der Waals surface area contributed by atoms with Crippen LogP contribution in [0, 0.1) is 5.82 Å². The van der Waals surface area contributed by atoms with Gasteiger partial charge in [0.1, 0.15) is 11.6 Å². The Hall–Kier alpha value is -2.41. The van der Waals surface area contributed by atoms with Crippen molar-refractivity contribution < 1.29 is 17.5 Å². The molecule has 0 radical (unpaired) electrons. The number of nitrogens with zero attached hydrogens (tertiary/aromatic N) is 1. The first-order valence-corrected chi connectivity index (χ1v) is 8.03. The number of halogens is 1. The summed E-state index contributed by atoms with van der Waals surface area (Å²) in [6.45, 7) is 2.34. The monoisotopic (exact) mass is 322 g/mol. The second-order valence-corrected chi connectivity index (χ2v) is 5.97. The normalized spacial score (nSPS) is 11.5. The Labute approximate surface area is 128 Å². The zero-order valence-electron chi connectivity index (χ0n) is 11.9. The average molecular weight is 322 g/mol. The molecule has 0 saturated carbocycles. The van der Waals surface area contributed by atoms with Crippen LogP contribution in [0.5, 0.6) is 5.75 Å². The Balaban J connectivity index is 2.07. The van der Waals surface area contributed by atoms with Crippen molar-refractivity contribution in [2.75, 3.05) is 6.61 Å². The van der Waals surface area contributed by atoms with Gasteiger partial charge >= 0.3 is 0 Å². The molecule has 0 saturated heterocycles. The van der Waals surface area contributed by atoms with Gasteiger partial charge in [-0.05, 0) is 48.9 Å². The van der Waals surface area contributed by atoms with E-state index in [1.165, 1.54) is 36.5 Å². The van der Waals surface area contributed by atoms with Crippen molar-refractivity contribution in [3.63, 3.8) is 0 Å². The summed E-state index contributed by atoms with van der Waals surface area (Å²) in [5.74, 6) is 0.169. The summed E-state index contributed by atoms with van der Waals surface area (Å²) in [6, 6.07) is 11.6. The van der Waals surface area contributed by atoms with Crippen molar-refractivity contribution in [1.82, 2.24) is 4.83 Å². The molecule has 0 aliphatic rings. The fourth-order valence-corrected chi connectivity index (χ4v) is 2.48. The van der Waals surface area contributed by atoms with E-state index in [0.29, 0.717) is 17.9 Å². The van der Waals surface area contributed by atoms with Gasteiger partial charge in [0.15, 0.2) is 0 Å². The molecule has 0 aliphatic carbocycles. The topological polar surface area (TPSA) is 67.8 Å². The van der Waals surface area contributed by atoms with Gasteiger partial charge in [-0.1, -0.05) is 12.1 Å². The SMILES string of the molecule is CCOc1ccc(S(=O)(=O)NN=Cc2cccc(F)c2)cc1. The van der Waals surface area contributed by atoms with Gasteiger partial charge in [0.05, 0.1) is 17.7 Å². The number of sulfonamides is 1. The summed E-state index contributed by atoms with van der Waals surface area (Å²) >= 11 is 0. The smallest absolute Gasteiger partial charge is 0.276 e. The Morgan fingerprint density at radius 2 is 1.95 bits per heavy atom. The minimum Gasteiger partial charge on any atom is -0.494 e.